The van der Waals surface area contributed by atoms with Crippen molar-refractivity contribution in [3.8, 4) is 0 Å². The third-order valence-electron chi connectivity index (χ3n) is 3.86. The number of nitrogens with zero attached hydrogens (tertiary/aromatic N) is 1. The van der Waals surface area contributed by atoms with Gasteiger partial charge >= 0.3 is 0 Å². The van der Waals surface area contributed by atoms with Gasteiger partial charge in [0.15, 0.2) is 0 Å². The molecule has 2 heteroatoms. The number of hydrogen-bond donors (Lipinski definition) is 1. The maximum Gasteiger partial charge on any atom is 0.0443 e. The molecule has 1 rings (SSSR count). The van der Waals surface area contributed by atoms with E-state index in [4.69, 9.17) is 5.11 Å². The Bertz CT molecular complexity index is 161. The summed E-state index contributed by atoms with van der Waals surface area (Å²) in [6.07, 6.45) is 7.87. The fourth-order valence-corrected chi connectivity index (χ4v) is 2.84. The van der Waals surface area contributed by atoms with Crippen LogP contribution in [0.15, 0.2) is 0 Å². The van der Waals surface area contributed by atoms with Gasteiger partial charge in [0.1, 0.15) is 0 Å². The molecule has 1 fully saturated rings. The van der Waals surface area contributed by atoms with Gasteiger partial charge in [0.2, 0.25) is 0 Å². The maximum atomic E-state index is 8.88. The average molecular weight is 213 g/mol. The van der Waals surface area contributed by atoms with Crippen LogP contribution in [0.2, 0.25) is 0 Å². The molecular weight excluding hydrogens is 186 g/mol. The van der Waals surface area contributed by atoms with Gasteiger partial charge in [0.05, 0.1) is 0 Å². The Morgan fingerprint density at radius 2 is 2.07 bits per heavy atom. The van der Waals surface area contributed by atoms with Crippen LogP contribution in [0.5, 0.6) is 0 Å². The summed E-state index contributed by atoms with van der Waals surface area (Å²) in [6, 6.07) is 0.792. The van der Waals surface area contributed by atoms with E-state index in [0.29, 0.717) is 6.61 Å². The van der Waals surface area contributed by atoms with E-state index in [-0.39, 0.29) is 0 Å². The first-order valence-electron chi connectivity index (χ1n) is 6.66. The van der Waals surface area contributed by atoms with Crippen LogP contribution in [0.25, 0.3) is 0 Å². The Hall–Kier alpha value is -0.0800. The minimum Gasteiger partial charge on any atom is -0.396 e. The molecule has 0 aromatic rings. The van der Waals surface area contributed by atoms with Gasteiger partial charge < -0.3 is 10.0 Å². The molecule has 0 radical (unpaired) electrons. The van der Waals surface area contributed by atoms with Crippen LogP contribution in [0.3, 0.4) is 0 Å². The fourth-order valence-electron chi connectivity index (χ4n) is 2.84. The van der Waals surface area contributed by atoms with Gasteiger partial charge in [-0.15, -0.1) is 0 Å². The molecule has 1 aliphatic rings. The molecule has 1 N–H and O–H groups in total. The minimum absolute atomic E-state index is 0.334. The number of hydrogen-bond acceptors (Lipinski definition) is 2. The lowest BCUT2D eigenvalue weighted by Crippen LogP contribution is -2.39. The molecule has 1 aliphatic carbocycles. The normalized spacial score (nSPS) is 27.2. The van der Waals surface area contributed by atoms with Crippen molar-refractivity contribution in [2.45, 2.75) is 58.4 Å². The summed E-state index contributed by atoms with van der Waals surface area (Å²) in [7, 11) is 0. The SMILES string of the molecule is CCC1CCCC(N(CC)CCCO)C1. The summed E-state index contributed by atoms with van der Waals surface area (Å²) >= 11 is 0. The van der Waals surface area contributed by atoms with Crippen LogP contribution in [0.4, 0.5) is 0 Å². The first-order chi connectivity index (χ1) is 7.31. The molecule has 0 spiro atoms. The summed E-state index contributed by atoms with van der Waals surface area (Å²) < 4.78 is 0. The molecule has 0 amide bonds. The second-order valence-corrected chi connectivity index (χ2v) is 4.80. The summed E-state index contributed by atoms with van der Waals surface area (Å²) in [5, 5.41) is 8.88. The lowest BCUT2D eigenvalue weighted by atomic mass is 9.83. The molecular formula is C13H27NO. The van der Waals surface area contributed by atoms with E-state index in [1.165, 1.54) is 32.1 Å². The molecule has 0 bridgehead atoms. The minimum atomic E-state index is 0.334. The van der Waals surface area contributed by atoms with Crippen molar-refractivity contribution < 1.29 is 5.11 Å². The van der Waals surface area contributed by atoms with Crippen LogP contribution in [-0.2, 0) is 0 Å². The Balaban J connectivity index is 2.37. The third-order valence-corrected chi connectivity index (χ3v) is 3.86. The van der Waals surface area contributed by atoms with Crippen molar-refractivity contribution >= 4 is 0 Å². The van der Waals surface area contributed by atoms with Gasteiger partial charge in [-0.05, 0) is 31.7 Å². The smallest absolute Gasteiger partial charge is 0.0443 e. The van der Waals surface area contributed by atoms with Crippen LogP contribution < -0.4 is 0 Å². The molecule has 0 saturated heterocycles. The molecule has 0 aromatic carbocycles. The van der Waals surface area contributed by atoms with Crippen molar-refractivity contribution in [1.29, 1.82) is 0 Å². The predicted molar refractivity (Wildman–Crippen MR) is 65.0 cm³/mol. The molecule has 2 atom stereocenters. The topological polar surface area (TPSA) is 23.5 Å². The Morgan fingerprint density at radius 3 is 2.67 bits per heavy atom. The predicted octanol–water partition coefficient (Wildman–Crippen LogP) is 2.66. The highest BCUT2D eigenvalue weighted by atomic mass is 16.3. The van der Waals surface area contributed by atoms with E-state index >= 15 is 0 Å². The van der Waals surface area contributed by atoms with Gasteiger partial charge in [0.25, 0.3) is 0 Å². The molecule has 0 aliphatic heterocycles. The summed E-state index contributed by atoms with van der Waals surface area (Å²) in [4.78, 5) is 2.57. The molecule has 0 aromatic heterocycles. The van der Waals surface area contributed by atoms with Crippen LogP contribution in [0.1, 0.15) is 52.4 Å². The van der Waals surface area contributed by atoms with E-state index in [2.05, 4.69) is 18.7 Å². The number of rotatable bonds is 6. The van der Waals surface area contributed by atoms with Crippen molar-refractivity contribution in [2.24, 2.45) is 5.92 Å². The lowest BCUT2D eigenvalue weighted by molar-refractivity contribution is 0.124. The Labute approximate surface area is 94.7 Å². The van der Waals surface area contributed by atoms with E-state index in [1.54, 1.807) is 0 Å². The van der Waals surface area contributed by atoms with E-state index < -0.39 is 0 Å². The quantitative estimate of drug-likeness (QED) is 0.733. The zero-order valence-corrected chi connectivity index (χ0v) is 10.4. The molecule has 15 heavy (non-hydrogen) atoms. The van der Waals surface area contributed by atoms with Crippen molar-refractivity contribution in [1.82, 2.24) is 4.90 Å². The second kappa shape index (κ2) is 7.24. The van der Waals surface area contributed by atoms with Crippen molar-refractivity contribution in [3.05, 3.63) is 0 Å². The third kappa shape index (κ3) is 4.12. The maximum absolute atomic E-state index is 8.88. The standard InChI is InChI=1S/C13H27NO/c1-3-12-7-5-8-13(11-12)14(4-2)9-6-10-15/h12-13,15H,3-11H2,1-2H3. The number of aliphatic hydroxyl groups is 1. The highest BCUT2D eigenvalue weighted by Crippen LogP contribution is 2.29. The highest BCUT2D eigenvalue weighted by Gasteiger charge is 2.24. The van der Waals surface area contributed by atoms with Crippen LogP contribution in [-0.4, -0.2) is 35.7 Å². The van der Waals surface area contributed by atoms with Crippen molar-refractivity contribution in [3.63, 3.8) is 0 Å². The lowest BCUT2D eigenvalue weighted by Gasteiger charge is -2.36. The van der Waals surface area contributed by atoms with Crippen molar-refractivity contribution in [2.75, 3.05) is 19.7 Å². The van der Waals surface area contributed by atoms with E-state index in [0.717, 1.165) is 31.5 Å². The van der Waals surface area contributed by atoms with Gasteiger partial charge in [-0.1, -0.05) is 33.1 Å². The number of aliphatic hydroxyl groups excluding tert-OH is 1. The monoisotopic (exact) mass is 213 g/mol. The van der Waals surface area contributed by atoms with Gasteiger partial charge in [-0.25, -0.2) is 0 Å². The highest BCUT2D eigenvalue weighted by molar-refractivity contribution is 4.79. The zero-order chi connectivity index (χ0) is 11.1. The van der Waals surface area contributed by atoms with Gasteiger partial charge in [0, 0.05) is 19.2 Å². The fraction of sp³-hybridized carbons (Fsp3) is 1.00. The largest absolute Gasteiger partial charge is 0.396 e. The van der Waals surface area contributed by atoms with E-state index in [9.17, 15) is 0 Å². The first-order valence-corrected chi connectivity index (χ1v) is 6.66. The second-order valence-electron chi connectivity index (χ2n) is 4.80. The first kappa shape index (κ1) is 13.0. The zero-order valence-electron chi connectivity index (χ0n) is 10.4. The Morgan fingerprint density at radius 1 is 1.27 bits per heavy atom. The molecule has 1 saturated carbocycles. The summed E-state index contributed by atoms with van der Waals surface area (Å²) in [6.45, 7) is 7.11. The van der Waals surface area contributed by atoms with Crippen LogP contribution >= 0.6 is 0 Å². The molecule has 2 unspecified atom stereocenters. The van der Waals surface area contributed by atoms with Gasteiger partial charge in [-0.2, -0.15) is 0 Å². The average Bonchev–Trinajstić information content (AvgIpc) is 2.30. The molecule has 90 valence electrons. The van der Waals surface area contributed by atoms with E-state index in [1.807, 2.05) is 0 Å². The molecule has 0 heterocycles. The van der Waals surface area contributed by atoms with Gasteiger partial charge in [-0.3, -0.25) is 0 Å². The molecule has 2 nitrogen and oxygen atoms in total. The summed E-state index contributed by atoms with van der Waals surface area (Å²) in [5.74, 6) is 0.951. The summed E-state index contributed by atoms with van der Waals surface area (Å²) in [5.41, 5.74) is 0. The Kier molecular flexibility index (Phi) is 6.26. The van der Waals surface area contributed by atoms with Crippen LogP contribution in [0, 0.1) is 5.92 Å².